The molecule has 3 aromatic carbocycles. The van der Waals surface area contributed by atoms with Crippen LogP contribution in [-0.2, 0) is 11.3 Å². The van der Waals surface area contributed by atoms with E-state index in [0.717, 1.165) is 16.5 Å². The first kappa shape index (κ1) is 19.7. The number of carbonyl (C=O) groups is 2. The fourth-order valence-electron chi connectivity index (χ4n) is 3.42. The molecular weight excluding hydrogens is 398 g/mol. The molecule has 6 heteroatoms. The Morgan fingerprint density at radius 1 is 0.933 bits per heavy atom. The smallest absolute Gasteiger partial charge is 0.257 e. The summed E-state index contributed by atoms with van der Waals surface area (Å²) in [6.07, 6.45) is 1.88. The molecule has 0 aliphatic rings. The standard InChI is InChI=1S/C24H20ClN3O2/c1-16(29)26-22-12-11-18(13-21(22)25)27-24(30)20-15-28(14-17-7-3-2-4-8-17)23-10-6-5-9-19(20)23/h2-13,15H,14H2,1H3,(H,26,29)(H,27,30). The van der Waals surface area contributed by atoms with Gasteiger partial charge in [0.15, 0.2) is 0 Å². The Balaban J connectivity index is 1.62. The number of halogens is 1. The molecule has 1 heterocycles. The Morgan fingerprint density at radius 2 is 1.67 bits per heavy atom. The summed E-state index contributed by atoms with van der Waals surface area (Å²) in [7, 11) is 0. The van der Waals surface area contributed by atoms with Crippen molar-refractivity contribution in [3.05, 3.63) is 95.1 Å². The molecule has 0 atom stereocenters. The second-order valence-electron chi connectivity index (χ2n) is 7.00. The van der Waals surface area contributed by atoms with Crippen LogP contribution in [0.3, 0.4) is 0 Å². The van der Waals surface area contributed by atoms with Gasteiger partial charge in [-0.05, 0) is 29.8 Å². The number of para-hydroxylation sites is 1. The molecule has 0 aliphatic carbocycles. The van der Waals surface area contributed by atoms with Gasteiger partial charge in [-0.1, -0.05) is 60.1 Å². The summed E-state index contributed by atoms with van der Waals surface area (Å²) in [4.78, 5) is 24.3. The first-order valence-corrected chi connectivity index (χ1v) is 9.89. The Hall–Kier alpha value is -3.57. The van der Waals surface area contributed by atoms with Gasteiger partial charge >= 0.3 is 0 Å². The van der Waals surface area contributed by atoms with Gasteiger partial charge in [-0.15, -0.1) is 0 Å². The number of amides is 2. The number of aromatic nitrogens is 1. The summed E-state index contributed by atoms with van der Waals surface area (Å²) >= 11 is 6.22. The van der Waals surface area contributed by atoms with Gasteiger partial charge in [-0.2, -0.15) is 0 Å². The van der Waals surface area contributed by atoms with E-state index in [0.29, 0.717) is 28.5 Å². The minimum absolute atomic E-state index is 0.208. The number of rotatable bonds is 5. The summed E-state index contributed by atoms with van der Waals surface area (Å²) in [5.74, 6) is -0.429. The Bertz CT molecular complexity index is 1230. The van der Waals surface area contributed by atoms with Gasteiger partial charge in [0.2, 0.25) is 5.91 Å². The van der Waals surface area contributed by atoms with Gasteiger partial charge in [0.05, 0.1) is 16.3 Å². The van der Waals surface area contributed by atoms with Gasteiger partial charge in [0, 0.05) is 36.3 Å². The van der Waals surface area contributed by atoms with E-state index in [9.17, 15) is 9.59 Å². The maximum absolute atomic E-state index is 13.0. The zero-order valence-corrected chi connectivity index (χ0v) is 17.1. The molecule has 0 bridgehead atoms. The molecule has 4 rings (SSSR count). The minimum Gasteiger partial charge on any atom is -0.342 e. The largest absolute Gasteiger partial charge is 0.342 e. The number of hydrogen-bond donors (Lipinski definition) is 2. The molecule has 5 nitrogen and oxygen atoms in total. The van der Waals surface area contributed by atoms with E-state index < -0.39 is 0 Å². The highest BCUT2D eigenvalue weighted by atomic mass is 35.5. The second kappa shape index (κ2) is 8.43. The van der Waals surface area contributed by atoms with Crippen LogP contribution in [-0.4, -0.2) is 16.4 Å². The van der Waals surface area contributed by atoms with Crippen molar-refractivity contribution in [1.82, 2.24) is 4.57 Å². The molecule has 0 radical (unpaired) electrons. The molecule has 2 N–H and O–H groups in total. The third kappa shape index (κ3) is 4.21. The normalized spacial score (nSPS) is 10.7. The zero-order chi connectivity index (χ0) is 21.1. The SMILES string of the molecule is CC(=O)Nc1ccc(NC(=O)c2cn(Cc3ccccc3)c3ccccc23)cc1Cl. The van der Waals surface area contributed by atoms with Crippen molar-refractivity contribution in [3.8, 4) is 0 Å². The first-order chi connectivity index (χ1) is 14.5. The lowest BCUT2D eigenvalue weighted by molar-refractivity contribution is -0.114. The van der Waals surface area contributed by atoms with Crippen molar-refractivity contribution in [2.45, 2.75) is 13.5 Å². The molecule has 4 aromatic rings. The van der Waals surface area contributed by atoms with Crippen molar-refractivity contribution in [2.75, 3.05) is 10.6 Å². The third-order valence-electron chi connectivity index (χ3n) is 4.77. The fraction of sp³-hybridized carbons (Fsp3) is 0.0833. The number of carbonyl (C=O) groups excluding carboxylic acids is 2. The van der Waals surface area contributed by atoms with E-state index in [2.05, 4.69) is 27.3 Å². The van der Waals surface area contributed by atoms with E-state index in [-0.39, 0.29) is 11.8 Å². The monoisotopic (exact) mass is 417 g/mol. The molecule has 0 spiro atoms. The van der Waals surface area contributed by atoms with Crippen LogP contribution in [0.15, 0.2) is 79.0 Å². The van der Waals surface area contributed by atoms with Crippen molar-refractivity contribution in [3.63, 3.8) is 0 Å². The predicted octanol–water partition coefficient (Wildman–Crippen LogP) is 5.55. The van der Waals surface area contributed by atoms with Crippen LogP contribution in [0.2, 0.25) is 5.02 Å². The highest BCUT2D eigenvalue weighted by Gasteiger charge is 2.16. The maximum Gasteiger partial charge on any atom is 0.257 e. The molecule has 0 aliphatic heterocycles. The predicted molar refractivity (Wildman–Crippen MR) is 121 cm³/mol. The summed E-state index contributed by atoms with van der Waals surface area (Å²) in [5.41, 5.74) is 3.79. The highest BCUT2D eigenvalue weighted by Crippen LogP contribution is 2.27. The van der Waals surface area contributed by atoms with Gasteiger partial charge in [0.1, 0.15) is 0 Å². The van der Waals surface area contributed by atoms with E-state index >= 15 is 0 Å². The molecule has 150 valence electrons. The number of hydrogen-bond acceptors (Lipinski definition) is 2. The molecule has 0 saturated carbocycles. The van der Waals surface area contributed by atoms with E-state index in [1.807, 2.05) is 48.7 Å². The highest BCUT2D eigenvalue weighted by molar-refractivity contribution is 6.34. The van der Waals surface area contributed by atoms with Crippen LogP contribution in [0.1, 0.15) is 22.8 Å². The lowest BCUT2D eigenvalue weighted by Crippen LogP contribution is -2.12. The summed E-state index contributed by atoms with van der Waals surface area (Å²) in [5, 5.41) is 6.79. The molecule has 1 aromatic heterocycles. The lowest BCUT2D eigenvalue weighted by Gasteiger charge is -2.09. The third-order valence-corrected chi connectivity index (χ3v) is 5.08. The Kier molecular flexibility index (Phi) is 5.55. The summed E-state index contributed by atoms with van der Waals surface area (Å²) < 4.78 is 2.08. The van der Waals surface area contributed by atoms with Crippen molar-refractivity contribution in [2.24, 2.45) is 0 Å². The number of benzene rings is 3. The van der Waals surface area contributed by atoms with Crippen LogP contribution < -0.4 is 10.6 Å². The van der Waals surface area contributed by atoms with Crippen LogP contribution in [0.4, 0.5) is 11.4 Å². The Labute approximate surface area is 179 Å². The van der Waals surface area contributed by atoms with Gasteiger partial charge in [-0.25, -0.2) is 0 Å². The van der Waals surface area contributed by atoms with Crippen molar-refractivity contribution in [1.29, 1.82) is 0 Å². The lowest BCUT2D eigenvalue weighted by atomic mass is 10.1. The Morgan fingerprint density at radius 3 is 2.40 bits per heavy atom. The molecule has 30 heavy (non-hydrogen) atoms. The first-order valence-electron chi connectivity index (χ1n) is 9.51. The van der Waals surface area contributed by atoms with Crippen LogP contribution in [0.5, 0.6) is 0 Å². The summed E-state index contributed by atoms with van der Waals surface area (Å²) in [6, 6.07) is 22.9. The number of nitrogens with zero attached hydrogens (tertiary/aromatic N) is 1. The van der Waals surface area contributed by atoms with Gasteiger partial charge in [0.25, 0.3) is 5.91 Å². The van der Waals surface area contributed by atoms with E-state index in [4.69, 9.17) is 11.6 Å². The van der Waals surface area contributed by atoms with E-state index in [1.54, 1.807) is 18.2 Å². The molecular formula is C24H20ClN3O2. The van der Waals surface area contributed by atoms with Crippen molar-refractivity contribution < 1.29 is 9.59 Å². The van der Waals surface area contributed by atoms with Crippen LogP contribution in [0.25, 0.3) is 10.9 Å². The topological polar surface area (TPSA) is 63.1 Å². The van der Waals surface area contributed by atoms with Crippen LogP contribution >= 0.6 is 11.6 Å². The van der Waals surface area contributed by atoms with Crippen molar-refractivity contribution >= 4 is 45.7 Å². The molecule has 2 amide bonds. The average molecular weight is 418 g/mol. The number of fused-ring (bicyclic) bond motifs is 1. The minimum atomic E-state index is -0.221. The summed E-state index contributed by atoms with van der Waals surface area (Å²) in [6.45, 7) is 2.09. The second-order valence-corrected chi connectivity index (χ2v) is 7.41. The quantitative estimate of drug-likeness (QED) is 0.447. The zero-order valence-electron chi connectivity index (χ0n) is 16.4. The fourth-order valence-corrected chi connectivity index (χ4v) is 3.65. The molecule has 0 fully saturated rings. The van der Waals surface area contributed by atoms with E-state index in [1.165, 1.54) is 6.92 Å². The molecule has 0 saturated heterocycles. The number of nitrogens with one attached hydrogen (secondary N) is 2. The van der Waals surface area contributed by atoms with Crippen LogP contribution in [0, 0.1) is 0 Å². The molecule has 0 unspecified atom stereocenters. The van der Waals surface area contributed by atoms with Gasteiger partial charge in [-0.3, -0.25) is 9.59 Å². The maximum atomic E-state index is 13.0. The average Bonchev–Trinajstić information content (AvgIpc) is 3.09. The van der Waals surface area contributed by atoms with Gasteiger partial charge < -0.3 is 15.2 Å². The number of anilines is 2.